The highest BCUT2D eigenvalue weighted by Gasteiger charge is 2.42. The molecule has 0 amide bonds. The summed E-state index contributed by atoms with van der Waals surface area (Å²) >= 11 is 0. The first kappa shape index (κ1) is 14.0. The van der Waals surface area contributed by atoms with Crippen molar-refractivity contribution < 1.29 is 9.47 Å². The fourth-order valence-electron chi connectivity index (χ4n) is 3.33. The molecule has 1 aromatic rings. The molecule has 3 heterocycles. The molecule has 2 fully saturated rings. The lowest BCUT2D eigenvalue weighted by Gasteiger charge is -2.38. The Morgan fingerprint density at radius 1 is 1.40 bits per heavy atom. The maximum atomic E-state index is 6.08. The molecule has 1 spiro atoms. The molecule has 0 aliphatic carbocycles. The Hall–Kier alpha value is -0.970. The first-order valence-electron chi connectivity index (χ1n) is 7.67. The van der Waals surface area contributed by atoms with Gasteiger partial charge in [0.15, 0.2) is 0 Å². The van der Waals surface area contributed by atoms with Crippen molar-refractivity contribution in [2.45, 2.75) is 44.4 Å². The molecule has 2 aliphatic rings. The van der Waals surface area contributed by atoms with Crippen LogP contribution >= 0.6 is 0 Å². The lowest BCUT2D eigenvalue weighted by Crippen LogP contribution is -2.44. The predicted molar refractivity (Wildman–Crippen MR) is 77.5 cm³/mol. The number of hydrogen-bond donors (Lipinski definition) is 0. The number of nitrogens with zero attached hydrogens (tertiary/aromatic N) is 2. The monoisotopic (exact) mass is 276 g/mol. The van der Waals surface area contributed by atoms with E-state index < -0.39 is 0 Å². The molecule has 20 heavy (non-hydrogen) atoms. The fraction of sp³-hybridized carbons (Fsp3) is 0.688. The number of rotatable bonds is 4. The van der Waals surface area contributed by atoms with Crippen molar-refractivity contribution in [3.05, 3.63) is 30.1 Å². The van der Waals surface area contributed by atoms with E-state index >= 15 is 0 Å². The van der Waals surface area contributed by atoms with Gasteiger partial charge in [-0.1, -0.05) is 6.07 Å². The Morgan fingerprint density at radius 3 is 2.95 bits per heavy atom. The van der Waals surface area contributed by atoms with Gasteiger partial charge in [-0.25, -0.2) is 0 Å². The van der Waals surface area contributed by atoms with Gasteiger partial charge in [-0.2, -0.15) is 0 Å². The van der Waals surface area contributed by atoms with Gasteiger partial charge in [0.25, 0.3) is 0 Å². The largest absolute Gasteiger partial charge is 0.376 e. The highest BCUT2D eigenvalue weighted by atomic mass is 16.6. The Bertz CT molecular complexity index is 416. The first-order valence-corrected chi connectivity index (χ1v) is 7.67. The SMILES string of the molecule is CCOC1COC2(CCN(Cc3ccccn3)CC2)C1. The van der Waals surface area contributed by atoms with Crippen molar-refractivity contribution in [2.75, 3.05) is 26.3 Å². The van der Waals surface area contributed by atoms with Crippen molar-refractivity contribution >= 4 is 0 Å². The molecule has 0 saturated carbocycles. The molecule has 3 rings (SSSR count). The minimum atomic E-state index is 0.0838. The summed E-state index contributed by atoms with van der Waals surface area (Å²) in [6.45, 7) is 6.75. The number of aromatic nitrogens is 1. The highest BCUT2D eigenvalue weighted by Crippen LogP contribution is 2.37. The molecule has 1 atom stereocenters. The van der Waals surface area contributed by atoms with Gasteiger partial charge < -0.3 is 9.47 Å². The van der Waals surface area contributed by atoms with Crippen LogP contribution in [0.25, 0.3) is 0 Å². The Morgan fingerprint density at radius 2 is 2.25 bits per heavy atom. The number of hydrogen-bond acceptors (Lipinski definition) is 4. The third kappa shape index (κ3) is 3.19. The van der Waals surface area contributed by atoms with Crippen LogP contribution in [0.15, 0.2) is 24.4 Å². The second-order valence-corrected chi connectivity index (χ2v) is 5.87. The van der Waals surface area contributed by atoms with Crippen molar-refractivity contribution in [1.29, 1.82) is 0 Å². The van der Waals surface area contributed by atoms with Crippen LogP contribution in [0.2, 0.25) is 0 Å². The van der Waals surface area contributed by atoms with Crippen LogP contribution in [-0.2, 0) is 16.0 Å². The zero-order valence-corrected chi connectivity index (χ0v) is 12.3. The summed E-state index contributed by atoms with van der Waals surface area (Å²) in [7, 11) is 0. The number of likely N-dealkylation sites (tertiary alicyclic amines) is 1. The van der Waals surface area contributed by atoms with Crippen LogP contribution in [0.5, 0.6) is 0 Å². The van der Waals surface area contributed by atoms with Gasteiger partial charge in [0, 0.05) is 38.9 Å². The summed E-state index contributed by atoms with van der Waals surface area (Å²) in [5.41, 5.74) is 1.24. The van der Waals surface area contributed by atoms with E-state index in [0.717, 1.165) is 57.8 Å². The van der Waals surface area contributed by atoms with Crippen LogP contribution < -0.4 is 0 Å². The molecule has 110 valence electrons. The lowest BCUT2D eigenvalue weighted by atomic mass is 9.88. The Kier molecular flexibility index (Phi) is 4.34. The van der Waals surface area contributed by atoms with Gasteiger partial charge in [0.1, 0.15) is 0 Å². The minimum Gasteiger partial charge on any atom is -0.376 e. The van der Waals surface area contributed by atoms with Crippen molar-refractivity contribution in [1.82, 2.24) is 9.88 Å². The topological polar surface area (TPSA) is 34.6 Å². The maximum Gasteiger partial charge on any atom is 0.0836 e. The van der Waals surface area contributed by atoms with E-state index in [2.05, 4.69) is 28.9 Å². The molecule has 0 radical (unpaired) electrons. The fourth-order valence-corrected chi connectivity index (χ4v) is 3.33. The molecule has 2 aliphatic heterocycles. The van der Waals surface area contributed by atoms with E-state index in [4.69, 9.17) is 9.47 Å². The van der Waals surface area contributed by atoms with Crippen LogP contribution in [-0.4, -0.2) is 47.9 Å². The molecule has 4 nitrogen and oxygen atoms in total. The van der Waals surface area contributed by atoms with Crippen molar-refractivity contribution in [3.63, 3.8) is 0 Å². The molecule has 2 saturated heterocycles. The highest BCUT2D eigenvalue weighted by molar-refractivity contribution is 5.04. The zero-order valence-electron chi connectivity index (χ0n) is 12.3. The van der Waals surface area contributed by atoms with Gasteiger partial charge in [-0.05, 0) is 31.9 Å². The average Bonchev–Trinajstić information content (AvgIpc) is 2.86. The second kappa shape index (κ2) is 6.20. The molecular formula is C16H24N2O2. The van der Waals surface area contributed by atoms with Crippen molar-refractivity contribution in [3.8, 4) is 0 Å². The standard InChI is InChI=1S/C16H24N2O2/c1-2-19-15-11-16(20-13-15)6-9-18(10-7-16)12-14-5-3-4-8-17-14/h3-5,8,15H,2,6-7,9-13H2,1H3. The molecule has 4 heteroatoms. The second-order valence-electron chi connectivity index (χ2n) is 5.87. The summed E-state index contributed by atoms with van der Waals surface area (Å²) in [4.78, 5) is 6.88. The quantitative estimate of drug-likeness (QED) is 0.845. The number of ether oxygens (including phenoxy) is 2. The van der Waals surface area contributed by atoms with E-state index in [1.165, 1.54) is 0 Å². The molecule has 0 bridgehead atoms. The van der Waals surface area contributed by atoms with Gasteiger partial charge in [-0.3, -0.25) is 9.88 Å². The van der Waals surface area contributed by atoms with Crippen LogP contribution in [0.1, 0.15) is 31.9 Å². The molecule has 0 N–H and O–H groups in total. The third-order valence-electron chi connectivity index (χ3n) is 4.46. The minimum absolute atomic E-state index is 0.0838. The Balaban J connectivity index is 1.50. The van der Waals surface area contributed by atoms with Crippen LogP contribution in [0, 0.1) is 0 Å². The lowest BCUT2D eigenvalue weighted by molar-refractivity contribution is -0.0466. The zero-order chi connectivity index (χ0) is 13.8. The number of piperidine rings is 1. The van der Waals surface area contributed by atoms with Gasteiger partial charge in [0.05, 0.1) is 24.0 Å². The van der Waals surface area contributed by atoms with E-state index in [1.807, 2.05) is 12.3 Å². The summed E-state index contributed by atoms with van der Waals surface area (Å²) in [6.07, 6.45) is 5.47. The summed E-state index contributed by atoms with van der Waals surface area (Å²) in [5.74, 6) is 0. The van der Waals surface area contributed by atoms with Gasteiger partial charge >= 0.3 is 0 Å². The van der Waals surface area contributed by atoms with Crippen LogP contribution in [0.3, 0.4) is 0 Å². The molecule has 0 aromatic carbocycles. The molecule has 1 aromatic heterocycles. The normalized spacial score (nSPS) is 26.1. The van der Waals surface area contributed by atoms with E-state index in [9.17, 15) is 0 Å². The van der Waals surface area contributed by atoms with Gasteiger partial charge in [0.2, 0.25) is 0 Å². The summed E-state index contributed by atoms with van der Waals surface area (Å²) < 4.78 is 11.8. The smallest absolute Gasteiger partial charge is 0.0836 e. The third-order valence-corrected chi connectivity index (χ3v) is 4.46. The molecular weight excluding hydrogens is 252 g/mol. The van der Waals surface area contributed by atoms with Crippen LogP contribution in [0.4, 0.5) is 0 Å². The maximum absolute atomic E-state index is 6.08. The summed E-state index contributed by atoms with van der Waals surface area (Å²) in [5, 5.41) is 0. The Labute approximate surface area is 121 Å². The van der Waals surface area contributed by atoms with Gasteiger partial charge in [-0.15, -0.1) is 0 Å². The van der Waals surface area contributed by atoms with Crippen molar-refractivity contribution in [2.24, 2.45) is 0 Å². The van der Waals surface area contributed by atoms with E-state index in [1.54, 1.807) is 0 Å². The number of pyridine rings is 1. The van der Waals surface area contributed by atoms with E-state index in [-0.39, 0.29) is 5.60 Å². The van der Waals surface area contributed by atoms with E-state index in [0.29, 0.717) is 6.10 Å². The predicted octanol–water partition coefficient (Wildman–Crippen LogP) is 2.24. The summed E-state index contributed by atoms with van der Waals surface area (Å²) in [6, 6.07) is 6.12. The average molecular weight is 276 g/mol. The molecule has 1 unspecified atom stereocenters. The first-order chi connectivity index (χ1) is 9.80.